The fourth-order valence-corrected chi connectivity index (χ4v) is 2.48. The fourth-order valence-electron chi connectivity index (χ4n) is 1.96. The molecule has 1 N–H and O–H groups in total. The molecular formula is C11H14INO. The van der Waals surface area contributed by atoms with Crippen molar-refractivity contribution >= 4 is 22.6 Å². The molecule has 3 heteroatoms. The number of nitrogens with one attached hydrogen (secondary N) is 1. The second-order valence-corrected chi connectivity index (χ2v) is 4.76. The molecule has 1 aliphatic heterocycles. The fraction of sp³-hybridized carbons (Fsp3) is 0.455. The lowest BCUT2D eigenvalue weighted by Crippen LogP contribution is -2.27. The van der Waals surface area contributed by atoms with E-state index in [2.05, 4.69) is 53.0 Å². The molecule has 2 nitrogen and oxygen atoms in total. The molecule has 0 aliphatic carbocycles. The summed E-state index contributed by atoms with van der Waals surface area (Å²) in [4.78, 5) is 0. The van der Waals surface area contributed by atoms with Crippen molar-refractivity contribution in [3.05, 3.63) is 27.3 Å². The molecule has 0 saturated heterocycles. The smallest absolute Gasteiger partial charge is 0.124 e. The van der Waals surface area contributed by atoms with Crippen molar-refractivity contribution in [3.8, 4) is 5.75 Å². The highest BCUT2D eigenvalue weighted by molar-refractivity contribution is 14.1. The van der Waals surface area contributed by atoms with E-state index in [1.807, 2.05) is 7.05 Å². The van der Waals surface area contributed by atoms with Crippen LogP contribution in [0.5, 0.6) is 5.75 Å². The highest BCUT2D eigenvalue weighted by atomic mass is 127. The molecule has 0 bridgehead atoms. The molecule has 0 amide bonds. The summed E-state index contributed by atoms with van der Waals surface area (Å²) in [7, 11) is 1.99. The lowest BCUT2D eigenvalue weighted by molar-refractivity contribution is 0.189. The maximum absolute atomic E-state index is 5.85. The van der Waals surface area contributed by atoms with Gasteiger partial charge in [0.1, 0.15) is 11.9 Å². The maximum Gasteiger partial charge on any atom is 0.124 e. The minimum absolute atomic E-state index is 0.285. The van der Waals surface area contributed by atoms with Gasteiger partial charge in [-0.3, -0.25) is 0 Å². The summed E-state index contributed by atoms with van der Waals surface area (Å²) in [5, 5.41) is 3.32. The summed E-state index contributed by atoms with van der Waals surface area (Å²) in [6, 6.07) is 6.71. The molecule has 1 aliphatic rings. The van der Waals surface area contributed by atoms with E-state index < -0.39 is 0 Å². The molecule has 14 heavy (non-hydrogen) atoms. The van der Waals surface area contributed by atoms with E-state index in [0.29, 0.717) is 6.04 Å². The second-order valence-electron chi connectivity index (χ2n) is 3.51. The van der Waals surface area contributed by atoms with Crippen LogP contribution in [0, 0.1) is 3.57 Å². The van der Waals surface area contributed by atoms with Gasteiger partial charge in [-0.1, -0.05) is 6.92 Å². The van der Waals surface area contributed by atoms with Crippen LogP contribution in [0.25, 0.3) is 0 Å². The van der Waals surface area contributed by atoms with E-state index in [9.17, 15) is 0 Å². The van der Waals surface area contributed by atoms with E-state index in [0.717, 1.165) is 12.2 Å². The van der Waals surface area contributed by atoms with Gasteiger partial charge in [0.25, 0.3) is 0 Å². The van der Waals surface area contributed by atoms with Gasteiger partial charge in [0.2, 0.25) is 0 Å². The van der Waals surface area contributed by atoms with Gasteiger partial charge in [-0.05, 0) is 54.3 Å². The average molecular weight is 303 g/mol. The Hall–Kier alpha value is -0.290. The minimum Gasteiger partial charge on any atom is -0.488 e. The topological polar surface area (TPSA) is 21.3 Å². The van der Waals surface area contributed by atoms with Crippen LogP contribution in [-0.2, 0) is 0 Å². The number of ether oxygens (including phenoxy) is 1. The Bertz CT molecular complexity index is 340. The zero-order valence-electron chi connectivity index (χ0n) is 8.38. The van der Waals surface area contributed by atoms with Crippen molar-refractivity contribution in [3.63, 3.8) is 0 Å². The summed E-state index contributed by atoms with van der Waals surface area (Å²) in [5.74, 6) is 1.04. The number of hydrogen-bond donors (Lipinski definition) is 1. The number of halogens is 1. The van der Waals surface area contributed by atoms with Crippen LogP contribution in [0.15, 0.2) is 18.2 Å². The van der Waals surface area contributed by atoms with E-state index in [-0.39, 0.29) is 6.10 Å². The predicted octanol–water partition coefficient (Wildman–Crippen LogP) is 2.72. The van der Waals surface area contributed by atoms with Crippen molar-refractivity contribution < 1.29 is 4.74 Å². The van der Waals surface area contributed by atoms with Crippen LogP contribution >= 0.6 is 22.6 Å². The van der Waals surface area contributed by atoms with Crippen molar-refractivity contribution in [1.29, 1.82) is 0 Å². The maximum atomic E-state index is 5.85. The van der Waals surface area contributed by atoms with Crippen molar-refractivity contribution in [2.24, 2.45) is 0 Å². The normalized spacial score (nSPS) is 24.5. The van der Waals surface area contributed by atoms with E-state index in [1.165, 1.54) is 9.13 Å². The summed E-state index contributed by atoms with van der Waals surface area (Å²) in [6.45, 7) is 2.16. The molecule has 1 aromatic rings. The highest BCUT2D eigenvalue weighted by Gasteiger charge is 2.31. The standard InChI is InChI=1S/C11H14INO/c1-3-9-11(13-2)8-6-7(12)4-5-10(8)14-9/h4-6,9,11,13H,3H2,1-2H3. The lowest BCUT2D eigenvalue weighted by atomic mass is 10.0. The van der Waals surface area contributed by atoms with Crippen LogP contribution in [0.1, 0.15) is 24.9 Å². The van der Waals surface area contributed by atoms with Crippen molar-refractivity contribution in [1.82, 2.24) is 5.32 Å². The molecule has 0 fully saturated rings. The van der Waals surface area contributed by atoms with Gasteiger partial charge in [-0.15, -0.1) is 0 Å². The molecular weight excluding hydrogens is 289 g/mol. The summed E-state index contributed by atoms with van der Waals surface area (Å²) in [6.07, 6.45) is 1.32. The van der Waals surface area contributed by atoms with Crippen LogP contribution in [-0.4, -0.2) is 13.2 Å². The Labute approximate surface area is 98.2 Å². The first-order chi connectivity index (χ1) is 6.76. The average Bonchev–Trinajstić information content (AvgIpc) is 2.54. The van der Waals surface area contributed by atoms with Gasteiger partial charge in [0, 0.05) is 9.13 Å². The number of likely N-dealkylation sites (N-methyl/N-ethyl adjacent to an activating group) is 1. The number of hydrogen-bond acceptors (Lipinski definition) is 2. The van der Waals surface area contributed by atoms with Gasteiger partial charge >= 0.3 is 0 Å². The molecule has 2 rings (SSSR count). The first-order valence-electron chi connectivity index (χ1n) is 4.89. The third-order valence-electron chi connectivity index (χ3n) is 2.67. The molecule has 76 valence electrons. The first-order valence-corrected chi connectivity index (χ1v) is 5.97. The van der Waals surface area contributed by atoms with Gasteiger partial charge in [0.15, 0.2) is 0 Å². The Kier molecular flexibility index (Phi) is 2.97. The number of fused-ring (bicyclic) bond motifs is 1. The Morgan fingerprint density at radius 2 is 2.29 bits per heavy atom. The number of benzene rings is 1. The monoisotopic (exact) mass is 303 g/mol. The molecule has 2 atom stereocenters. The van der Waals surface area contributed by atoms with Gasteiger partial charge in [0.05, 0.1) is 6.04 Å². The summed E-state index contributed by atoms with van der Waals surface area (Å²) >= 11 is 2.34. The van der Waals surface area contributed by atoms with Crippen LogP contribution in [0.4, 0.5) is 0 Å². The Balaban J connectivity index is 2.38. The van der Waals surface area contributed by atoms with Crippen LogP contribution < -0.4 is 10.1 Å². The summed E-state index contributed by atoms with van der Waals surface area (Å²) in [5.41, 5.74) is 1.30. The first kappa shape index (κ1) is 10.2. The van der Waals surface area contributed by atoms with E-state index in [4.69, 9.17) is 4.74 Å². The zero-order chi connectivity index (χ0) is 10.1. The molecule has 0 aromatic heterocycles. The lowest BCUT2D eigenvalue weighted by Gasteiger charge is -2.16. The predicted molar refractivity (Wildman–Crippen MR) is 65.7 cm³/mol. The van der Waals surface area contributed by atoms with Crippen LogP contribution in [0.2, 0.25) is 0 Å². The quantitative estimate of drug-likeness (QED) is 0.848. The number of rotatable bonds is 2. The third kappa shape index (κ3) is 1.63. The minimum atomic E-state index is 0.285. The molecule has 2 unspecified atom stereocenters. The molecule has 0 saturated carbocycles. The van der Waals surface area contributed by atoms with E-state index >= 15 is 0 Å². The molecule has 1 aromatic carbocycles. The SMILES string of the molecule is CCC1Oc2ccc(I)cc2C1NC. The largest absolute Gasteiger partial charge is 0.488 e. The Morgan fingerprint density at radius 1 is 1.50 bits per heavy atom. The van der Waals surface area contributed by atoms with Gasteiger partial charge in [-0.25, -0.2) is 0 Å². The summed E-state index contributed by atoms with van der Waals surface area (Å²) < 4.78 is 7.11. The van der Waals surface area contributed by atoms with Crippen LogP contribution in [0.3, 0.4) is 0 Å². The molecule has 0 spiro atoms. The molecule has 1 heterocycles. The van der Waals surface area contributed by atoms with Gasteiger partial charge < -0.3 is 10.1 Å². The van der Waals surface area contributed by atoms with Crippen molar-refractivity contribution in [2.75, 3.05) is 7.05 Å². The molecule has 0 radical (unpaired) electrons. The van der Waals surface area contributed by atoms with Crippen molar-refractivity contribution in [2.45, 2.75) is 25.5 Å². The van der Waals surface area contributed by atoms with E-state index in [1.54, 1.807) is 0 Å². The highest BCUT2D eigenvalue weighted by Crippen LogP contribution is 2.38. The van der Waals surface area contributed by atoms with Gasteiger partial charge in [-0.2, -0.15) is 0 Å². The zero-order valence-corrected chi connectivity index (χ0v) is 10.5. The Morgan fingerprint density at radius 3 is 2.93 bits per heavy atom. The third-order valence-corrected chi connectivity index (χ3v) is 3.34. The second kappa shape index (κ2) is 4.06.